The van der Waals surface area contributed by atoms with E-state index in [1.165, 1.54) is 11.1 Å². The molecule has 8 nitrogen and oxygen atoms in total. The Morgan fingerprint density at radius 3 is 2.23 bits per heavy atom. The van der Waals surface area contributed by atoms with Crippen molar-refractivity contribution in [1.82, 2.24) is 8.87 Å². The molecule has 1 N–H and O–H groups in total. The normalized spacial score (nSPS) is 11.8. The van der Waals surface area contributed by atoms with Crippen molar-refractivity contribution in [3.8, 4) is 11.5 Å². The van der Waals surface area contributed by atoms with Crippen molar-refractivity contribution in [1.29, 1.82) is 0 Å². The molecule has 0 amide bonds. The number of rotatable bonds is 7. The number of aryl methyl sites for hydroxylation is 1. The molecule has 192 valence electrons. The molecule has 1 heterocycles. The fourth-order valence-electron chi connectivity index (χ4n) is 3.30. The lowest BCUT2D eigenvalue weighted by atomic mass is 10.1. The third-order valence-corrected chi connectivity index (χ3v) is 6.49. The van der Waals surface area contributed by atoms with Crippen molar-refractivity contribution in [2.75, 3.05) is 27.8 Å². The first kappa shape index (κ1) is 28.0. The van der Waals surface area contributed by atoms with Crippen LogP contribution < -0.4 is 9.47 Å². The second-order valence-corrected chi connectivity index (χ2v) is 9.50. The molecule has 0 aliphatic heterocycles. The largest absolute Gasteiger partial charge is 0.495 e. The van der Waals surface area contributed by atoms with E-state index >= 15 is 0 Å². The van der Waals surface area contributed by atoms with Gasteiger partial charge in [-0.3, -0.25) is 0 Å². The maximum Gasteiger partial charge on any atom is 0.490 e. The quantitative estimate of drug-likeness (QED) is 0.500. The summed E-state index contributed by atoms with van der Waals surface area (Å²) >= 11 is 0. The predicted octanol–water partition coefficient (Wildman–Crippen LogP) is 4.29. The lowest BCUT2D eigenvalue weighted by Gasteiger charge is -2.17. The standard InChI is InChI=1S/C21H26N2O4S.C2HF3O2/c1-6-27-19-10-8-18-16(17(19)14-22(3)4)11-12-23(18)28(24,25)21-13-15(2)7-9-20(21)26-5;3-2(4,5)1(6)7/h7-13H,6,14H2,1-5H3;(H,6,7). The number of benzene rings is 2. The summed E-state index contributed by atoms with van der Waals surface area (Å²) in [6.45, 7) is 4.98. The number of carboxylic acids is 1. The highest BCUT2D eigenvalue weighted by Gasteiger charge is 2.38. The first-order valence-electron chi connectivity index (χ1n) is 10.3. The molecule has 0 fully saturated rings. The van der Waals surface area contributed by atoms with Crippen LogP contribution in [0.2, 0.25) is 0 Å². The molecule has 2 aromatic carbocycles. The number of alkyl halides is 3. The maximum absolute atomic E-state index is 13.4. The Morgan fingerprint density at radius 2 is 1.71 bits per heavy atom. The van der Waals surface area contributed by atoms with Gasteiger partial charge in [-0.2, -0.15) is 13.2 Å². The average molecular weight is 517 g/mol. The molecule has 0 bridgehead atoms. The van der Waals surface area contributed by atoms with Gasteiger partial charge >= 0.3 is 12.1 Å². The number of hydrogen-bond donors (Lipinski definition) is 1. The van der Waals surface area contributed by atoms with Gasteiger partial charge in [-0.15, -0.1) is 0 Å². The molecule has 3 rings (SSSR count). The molecule has 3 aromatic rings. The van der Waals surface area contributed by atoms with Crippen LogP contribution in [0.3, 0.4) is 0 Å². The number of aliphatic carboxylic acids is 1. The molecule has 0 saturated heterocycles. The van der Waals surface area contributed by atoms with E-state index < -0.39 is 22.2 Å². The van der Waals surface area contributed by atoms with Crippen LogP contribution in [0.4, 0.5) is 13.2 Å². The van der Waals surface area contributed by atoms with Crippen LogP contribution in [-0.4, -0.2) is 62.4 Å². The van der Waals surface area contributed by atoms with Gasteiger partial charge in [0.15, 0.2) is 0 Å². The van der Waals surface area contributed by atoms with Crippen molar-refractivity contribution >= 4 is 26.9 Å². The summed E-state index contributed by atoms with van der Waals surface area (Å²) in [5.41, 5.74) is 2.43. The second-order valence-electron chi connectivity index (χ2n) is 7.72. The Morgan fingerprint density at radius 1 is 1.11 bits per heavy atom. The Bertz CT molecular complexity index is 1300. The van der Waals surface area contributed by atoms with Crippen molar-refractivity contribution in [2.45, 2.75) is 31.5 Å². The van der Waals surface area contributed by atoms with Crippen LogP contribution >= 0.6 is 0 Å². The highest BCUT2D eigenvalue weighted by Crippen LogP contribution is 2.34. The summed E-state index contributed by atoms with van der Waals surface area (Å²) in [6.07, 6.45) is -3.49. The lowest BCUT2D eigenvalue weighted by molar-refractivity contribution is -0.192. The third-order valence-electron chi connectivity index (χ3n) is 4.78. The van der Waals surface area contributed by atoms with Gasteiger partial charge in [0.05, 0.1) is 19.2 Å². The summed E-state index contributed by atoms with van der Waals surface area (Å²) in [6, 6.07) is 10.6. The van der Waals surface area contributed by atoms with Gasteiger partial charge in [-0.1, -0.05) is 6.07 Å². The van der Waals surface area contributed by atoms with Crippen LogP contribution in [0.1, 0.15) is 18.1 Å². The van der Waals surface area contributed by atoms with E-state index in [1.807, 2.05) is 51.0 Å². The molecule has 0 aliphatic rings. The number of methoxy groups -OCH3 is 1. The van der Waals surface area contributed by atoms with Crippen LogP contribution in [0.15, 0.2) is 47.5 Å². The van der Waals surface area contributed by atoms with Crippen LogP contribution in [0, 0.1) is 6.92 Å². The summed E-state index contributed by atoms with van der Waals surface area (Å²) in [5.74, 6) is -1.66. The number of nitrogens with zero attached hydrogens (tertiary/aromatic N) is 2. The molecule has 35 heavy (non-hydrogen) atoms. The minimum Gasteiger partial charge on any atom is -0.495 e. The topological polar surface area (TPSA) is 98.1 Å². The fourth-order valence-corrected chi connectivity index (χ4v) is 4.90. The van der Waals surface area contributed by atoms with Gasteiger partial charge in [0.25, 0.3) is 10.0 Å². The number of halogens is 3. The number of carbonyl (C=O) groups is 1. The molecule has 0 aliphatic carbocycles. The Labute approximate surface area is 201 Å². The van der Waals surface area contributed by atoms with E-state index in [0.29, 0.717) is 24.4 Å². The van der Waals surface area contributed by atoms with Gasteiger partial charge in [0.2, 0.25) is 0 Å². The van der Waals surface area contributed by atoms with Gasteiger partial charge in [0.1, 0.15) is 16.4 Å². The Balaban J connectivity index is 0.000000540. The van der Waals surface area contributed by atoms with E-state index in [4.69, 9.17) is 19.4 Å². The number of fused-ring (bicyclic) bond motifs is 1. The molecule has 0 unspecified atom stereocenters. The minimum absolute atomic E-state index is 0.149. The predicted molar refractivity (Wildman–Crippen MR) is 125 cm³/mol. The molecular formula is C23H27F3N2O6S. The molecule has 0 saturated carbocycles. The van der Waals surface area contributed by atoms with Crippen molar-refractivity contribution in [2.24, 2.45) is 0 Å². The zero-order valence-electron chi connectivity index (χ0n) is 19.9. The zero-order chi connectivity index (χ0) is 26.6. The fraction of sp³-hybridized carbons (Fsp3) is 0.348. The summed E-state index contributed by atoms with van der Waals surface area (Å²) in [7, 11) is 1.60. The maximum atomic E-state index is 13.4. The monoisotopic (exact) mass is 516 g/mol. The van der Waals surface area contributed by atoms with E-state index in [0.717, 1.165) is 22.3 Å². The number of aromatic nitrogens is 1. The number of hydrogen-bond acceptors (Lipinski definition) is 6. The van der Waals surface area contributed by atoms with Gasteiger partial charge in [-0.25, -0.2) is 17.2 Å². The van der Waals surface area contributed by atoms with Crippen LogP contribution in [0.5, 0.6) is 11.5 Å². The Hall–Kier alpha value is -3.25. The second kappa shape index (κ2) is 11.0. The van der Waals surface area contributed by atoms with Crippen LogP contribution in [0.25, 0.3) is 10.9 Å². The van der Waals surface area contributed by atoms with E-state index in [-0.39, 0.29) is 4.90 Å². The first-order valence-corrected chi connectivity index (χ1v) is 11.8. The minimum atomic E-state index is -5.08. The highest BCUT2D eigenvalue weighted by molar-refractivity contribution is 7.90. The van der Waals surface area contributed by atoms with E-state index in [2.05, 4.69) is 0 Å². The smallest absolute Gasteiger partial charge is 0.490 e. The summed E-state index contributed by atoms with van der Waals surface area (Å²) in [4.78, 5) is 11.1. The molecule has 12 heteroatoms. The zero-order valence-corrected chi connectivity index (χ0v) is 20.7. The van der Waals surface area contributed by atoms with Crippen molar-refractivity contribution in [3.05, 3.63) is 53.7 Å². The highest BCUT2D eigenvalue weighted by atomic mass is 32.2. The molecular weight excluding hydrogens is 489 g/mol. The van der Waals surface area contributed by atoms with Gasteiger partial charge < -0.3 is 19.5 Å². The average Bonchev–Trinajstić information content (AvgIpc) is 3.20. The molecule has 1 aromatic heterocycles. The summed E-state index contributed by atoms with van der Waals surface area (Å²) in [5, 5.41) is 7.98. The van der Waals surface area contributed by atoms with Crippen LogP contribution in [-0.2, 0) is 21.4 Å². The molecule has 0 atom stereocenters. The number of carboxylic acid groups (broad SMARTS) is 1. The van der Waals surface area contributed by atoms with E-state index in [1.54, 1.807) is 24.4 Å². The summed E-state index contributed by atoms with van der Waals surface area (Å²) < 4.78 is 71.0. The SMILES string of the molecule is CCOc1ccc2c(ccn2S(=O)(=O)c2cc(C)ccc2OC)c1CN(C)C.O=C(O)C(F)(F)F. The van der Waals surface area contributed by atoms with Crippen molar-refractivity contribution < 1.29 is 41.0 Å². The van der Waals surface area contributed by atoms with Crippen molar-refractivity contribution in [3.63, 3.8) is 0 Å². The van der Waals surface area contributed by atoms with E-state index in [9.17, 15) is 21.6 Å². The van der Waals surface area contributed by atoms with Gasteiger partial charge in [0, 0.05) is 23.7 Å². The molecule has 0 radical (unpaired) electrons. The first-order chi connectivity index (χ1) is 16.2. The third kappa shape index (κ3) is 6.45. The Kier molecular flexibility index (Phi) is 8.79. The van der Waals surface area contributed by atoms with Gasteiger partial charge in [-0.05, 0) is 63.8 Å². The molecule has 0 spiro atoms. The lowest BCUT2D eigenvalue weighted by Crippen LogP contribution is -2.21. The number of ether oxygens (including phenoxy) is 2.